The van der Waals surface area contributed by atoms with Gasteiger partial charge in [-0.2, -0.15) is 0 Å². The maximum Gasteiger partial charge on any atom is 0.270 e. The van der Waals surface area contributed by atoms with Crippen LogP contribution >= 0.6 is 0 Å². The Labute approximate surface area is 150 Å². The Hall–Kier alpha value is -3.42. The van der Waals surface area contributed by atoms with Gasteiger partial charge in [-0.3, -0.25) is 19.7 Å². The first-order valence-corrected chi connectivity index (χ1v) is 7.87. The quantitative estimate of drug-likeness (QED) is 0.583. The molecule has 0 aliphatic rings. The fourth-order valence-corrected chi connectivity index (χ4v) is 2.42. The molecule has 0 aliphatic heterocycles. The summed E-state index contributed by atoms with van der Waals surface area (Å²) in [5.74, 6) is -0.295. The van der Waals surface area contributed by atoms with E-state index in [2.05, 4.69) is 10.6 Å². The number of carbonyl (C=O) groups is 2. The summed E-state index contributed by atoms with van der Waals surface area (Å²) in [5, 5.41) is 16.0. The summed E-state index contributed by atoms with van der Waals surface area (Å²) in [5.41, 5.74) is 0.741. The van der Waals surface area contributed by atoms with Crippen molar-refractivity contribution >= 4 is 17.5 Å². The Bertz CT molecular complexity index is 822. The number of nitrogens with zero attached hydrogens (tertiary/aromatic N) is 1. The van der Waals surface area contributed by atoms with Crippen molar-refractivity contribution in [2.45, 2.75) is 13.0 Å². The van der Waals surface area contributed by atoms with Crippen LogP contribution in [0.2, 0.25) is 0 Å². The molecule has 2 aromatic rings. The zero-order chi connectivity index (χ0) is 19.1. The summed E-state index contributed by atoms with van der Waals surface area (Å²) in [6, 6.07) is 12.3. The summed E-state index contributed by atoms with van der Waals surface area (Å²) < 4.78 is 5.26. The summed E-state index contributed by atoms with van der Waals surface area (Å²) in [6.07, 6.45) is 0. The van der Waals surface area contributed by atoms with Crippen molar-refractivity contribution in [1.82, 2.24) is 10.6 Å². The predicted octanol–water partition coefficient (Wildman–Crippen LogP) is 2.21. The molecule has 0 bridgehead atoms. The third-order valence-electron chi connectivity index (χ3n) is 3.71. The molecule has 1 atom stereocenters. The SMILES string of the molecule is COc1ccccc1C(C)NC(=O)CNC(=O)c1cccc([N+](=O)[O-])c1. The third kappa shape index (κ3) is 4.79. The second kappa shape index (κ2) is 8.61. The number of methoxy groups -OCH3 is 1. The summed E-state index contributed by atoms with van der Waals surface area (Å²) in [4.78, 5) is 34.3. The van der Waals surface area contributed by atoms with E-state index >= 15 is 0 Å². The normalized spacial score (nSPS) is 11.3. The highest BCUT2D eigenvalue weighted by molar-refractivity contribution is 5.97. The number of nitro groups is 1. The van der Waals surface area contributed by atoms with Gasteiger partial charge in [-0.05, 0) is 19.1 Å². The number of hydrogen-bond donors (Lipinski definition) is 2. The topological polar surface area (TPSA) is 111 Å². The van der Waals surface area contributed by atoms with Crippen molar-refractivity contribution in [3.05, 3.63) is 69.8 Å². The molecule has 8 nitrogen and oxygen atoms in total. The predicted molar refractivity (Wildman–Crippen MR) is 95.0 cm³/mol. The van der Waals surface area contributed by atoms with Gasteiger partial charge in [0.2, 0.25) is 5.91 Å². The van der Waals surface area contributed by atoms with Gasteiger partial charge in [-0.15, -0.1) is 0 Å². The molecule has 1 unspecified atom stereocenters. The van der Waals surface area contributed by atoms with Gasteiger partial charge in [0.15, 0.2) is 0 Å². The average Bonchev–Trinajstić information content (AvgIpc) is 2.66. The van der Waals surface area contributed by atoms with Crippen molar-refractivity contribution in [2.75, 3.05) is 13.7 Å². The number of carbonyl (C=O) groups excluding carboxylic acids is 2. The standard InChI is InChI=1S/C18H19N3O5/c1-12(15-8-3-4-9-16(15)26-2)20-17(22)11-19-18(23)13-6-5-7-14(10-13)21(24)25/h3-10,12H,11H2,1-2H3,(H,19,23)(H,20,22). The Kier molecular flexibility index (Phi) is 6.26. The van der Waals surface area contributed by atoms with Gasteiger partial charge in [0, 0.05) is 23.3 Å². The molecule has 2 rings (SSSR count). The lowest BCUT2D eigenvalue weighted by molar-refractivity contribution is -0.384. The van der Waals surface area contributed by atoms with E-state index in [-0.39, 0.29) is 29.7 Å². The van der Waals surface area contributed by atoms with E-state index < -0.39 is 10.8 Å². The molecule has 2 aromatic carbocycles. The lowest BCUT2D eigenvalue weighted by Crippen LogP contribution is -2.38. The number of nitro benzene ring substituents is 1. The molecule has 0 saturated heterocycles. The van der Waals surface area contributed by atoms with Gasteiger partial charge in [0.05, 0.1) is 24.6 Å². The van der Waals surface area contributed by atoms with Gasteiger partial charge in [0.1, 0.15) is 5.75 Å². The van der Waals surface area contributed by atoms with Crippen LogP contribution < -0.4 is 15.4 Å². The molecule has 8 heteroatoms. The van der Waals surface area contributed by atoms with Crippen LogP contribution in [0.4, 0.5) is 5.69 Å². The molecule has 2 N–H and O–H groups in total. The molecule has 136 valence electrons. The molecular weight excluding hydrogens is 338 g/mol. The number of rotatable bonds is 7. The van der Waals surface area contributed by atoms with Crippen LogP contribution in [0.15, 0.2) is 48.5 Å². The van der Waals surface area contributed by atoms with Crippen LogP contribution in [-0.2, 0) is 4.79 Å². The van der Waals surface area contributed by atoms with Crippen LogP contribution in [0, 0.1) is 10.1 Å². The fourth-order valence-electron chi connectivity index (χ4n) is 2.42. The maximum absolute atomic E-state index is 12.1. The van der Waals surface area contributed by atoms with Crippen LogP contribution in [0.3, 0.4) is 0 Å². The highest BCUT2D eigenvalue weighted by Gasteiger charge is 2.15. The highest BCUT2D eigenvalue weighted by atomic mass is 16.6. The lowest BCUT2D eigenvalue weighted by Gasteiger charge is -2.17. The number of para-hydroxylation sites is 1. The largest absolute Gasteiger partial charge is 0.496 e. The van der Waals surface area contributed by atoms with Crippen molar-refractivity contribution < 1.29 is 19.2 Å². The second-order valence-corrected chi connectivity index (χ2v) is 5.52. The molecular formula is C18H19N3O5. The maximum atomic E-state index is 12.1. The second-order valence-electron chi connectivity index (χ2n) is 5.52. The van der Waals surface area contributed by atoms with E-state index in [4.69, 9.17) is 4.74 Å². The Balaban J connectivity index is 1.93. The van der Waals surface area contributed by atoms with Crippen molar-refractivity contribution in [1.29, 1.82) is 0 Å². The smallest absolute Gasteiger partial charge is 0.270 e. The van der Waals surface area contributed by atoms with E-state index in [1.807, 2.05) is 18.2 Å². The van der Waals surface area contributed by atoms with Crippen molar-refractivity contribution in [3.63, 3.8) is 0 Å². The van der Waals surface area contributed by atoms with Gasteiger partial charge < -0.3 is 15.4 Å². The molecule has 26 heavy (non-hydrogen) atoms. The first kappa shape index (κ1) is 18.9. The Morgan fingerprint density at radius 1 is 1.19 bits per heavy atom. The van der Waals surface area contributed by atoms with E-state index in [1.54, 1.807) is 20.1 Å². The fraction of sp³-hybridized carbons (Fsp3) is 0.222. The minimum absolute atomic E-state index is 0.116. The number of non-ortho nitro benzene ring substituents is 1. The van der Waals surface area contributed by atoms with Gasteiger partial charge in [-0.1, -0.05) is 24.3 Å². The number of benzene rings is 2. The number of amides is 2. The molecule has 2 amide bonds. The number of ether oxygens (including phenoxy) is 1. The number of nitrogens with one attached hydrogen (secondary N) is 2. The summed E-state index contributed by atoms with van der Waals surface area (Å²) in [6.45, 7) is 1.55. The molecule has 0 saturated carbocycles. The Morgan fingerprint density at radius 2 is 1.92 bits per heavy atom. The van der Waals surface area contributed by atoms with Gasteiger partial charge in [-0.25, -0.2) is 0 Å². The summed E-state index contributed by atoms with van der Waals surface area (Å²) in [7, 11) is 1.55. The summed E-state index contributed by atoms with van der Waals surface area (Å²) >= 11 is 0. The van der Waals surface area contributed by atoms with E-state index in [9.17, 15) is 19.7 Å². The van der Waals surface area contributed by atoms with Crippen molar-refractivity contribution in [2.24, 2.45) is 0 Å². The highest BCUT2D eigenvalue weighted by Crippen LogP contribution is 2.24. The first-order chi connectivity index (χ1) is 12.4. The van der Waals surface area contributed by atoms with Crippen LogP contribution in [0.1, 0.15) is 28.9 Å². The van der Waals surface area contributed by atoms with E-state index in [0.717, 1.165) is 11.6 Å². The minimum Gasteiger partial charge on any atom is -0.496 e. The zero-order valence-electron chi connectivity index (χ0n) is 14.4. The van der Waals surface area contributed by atoms with Gasteiger partial charge >= 0.3 is 0 Å². The number of hydrogen-bond acceptors (Lipinski definition) is 5. The van der Waals surface area contributed by atoms with Crippen molar-refractivity contribution in [3.8, 4) is 5.75 Å². The van der Waals surface area contributed by atoms with E-state index in [1.165, 1.54) is 18.2 Å². The van der Waals surface area contributed by atoms with Gasteiger partial charge in [0.25, 0.3) is 11.6 Å². The molecule has 0 heterocycles. The average molecular weight is 357 g/mol. The zero-order valence-corrected chi connectivity index (χ0v) is 14.4. The monoisotopic (exact) mass is 357 g/mol. The third-order valence-corrected chi connectivity index (χ3v) is 3.71. The van der Waals surface area contributed by atoms with Crippen LogP contribution in [0.5, 0.6) is 5.75 Å². The minimum atomic E-state index is -0.585. The molecule has 0 fully saturated rings. The van der Waals surface area contributed by atoms with Crippen LogP contribution in [-0.4, -0.2) is 30.4 Å². The van der Waals surface area contributed by atoms with Crippen LogP contribution in [0.25, 0.3) is 0 Å². The Morgan fingerprint density at radius 3 is 2.62 bits per heavy atom. The molecule has 0 radical (unpaired) electrons. The molecule has 0 aliphatic carbocycles. The van der Waals surface area contributed by atoms with E-state index in [0.29, 0.717) is 5.75 Å². The lowest BCUT2D eigenvalue weighted by atomic mass is 10.1. The molecule has 0 aromatic heterocycles. The molecule has 0 spiro atoms. The first-order valence-electron chi connectivity index (χ1n) is 7.87.